The van der Waals surface area contributed by atoms with Crippen molar-refractivity contribution in [1.82, 2.24) is 24.7 Å². The van der Waals surface area contributed by atoms with Gasteiger partial charge in [-0.05, 0) is 24.3 Å². The van der Waals surface area contributed by atoms with Crippen LogP contribution in [0.4, 0.5) is 11.5 Å². The van der Waals surface area contributed by atoms with Crippen LogP contribution in [0.3, 0.4) is 0 Å². The van der Waals surface area contributed by atoms with E-state index in [4.69, 9.17) is 16.3 Å². The number of hydrogen-bond donors (Lipinski definition) is 1. The minimum Gasteiger partial charge on any atom is -0.487 e. The quantitative estimate of drug-likeness (QED) is 0.542. The van der Waals surface area contributed by atoms with E-state index < -0.39 is 0 Å². The molecule has 0 fully saturated rings. The van der Waals surface area contributed by atoms with E-state index in [1.807, 2.05) is 31.4 Å². The van der Waals surface area contributed by atoms with E-state index >= 15 is 0 Å². The third-order valence-electron chi connectivity index (χ3n) is 3.73. The van der Waals surface area contributed by atoms with Crippen LogP contribution in [0, 0.1) is 0 Å². The number of halogens is 1. The van der Waals surface area contributed by atoms with Crippen molar-refractivity contribution in [3.63, 3.8) is 0 Å². The van der Waals surface area contributed by atoms with Gasteiger partial charge in [0.05, 0.1) is 24.3 Å². The summed E-state index contributed by atoms with van der Waals surface area (Å²) in [7, 11) is 1.87. The average Bonchev–Trinajstić information content (AvgIpc) is 3.07. The van der Waals surface area contributed by atoms with Crippen LogP contribution in [-0.2, 0) is 13.7 Å². The largest absolute Gasteiger partial charge is 0.487 e. The van der Waals surface area contributed by atoms with Crippen LogP contribution in [0.2, 0.25) is 5.15 Å². The number of nitrogens with one attached hydrogen (secondary N) is 1. The number of aryl methyl sites for hydroxylation is 1. The minimum absolute atomic E-state index is 0.438. The Morgan fingerprint density at radius 1 is 1.12 bits per heavy atom. The molecule has 0 atom stereocenters. The molecule has 0 aromatic carbocycles. The van der Waals surface area contributed by atoms with Gasteiger partial charge in [-0.15, -0.1) is 0 Å². The number of nitrogens with zero attached hydrogens (tertiary/aromatic N) is 5. The molecular formula is C18H15ClN6O. The SMILES string of the molecule is Cn1cc(COc2cnc3c(Nc4ccc(Cl)nc4)nccc3c2)cn1. The van der Waals surface area contributed by atoms with E-state index in [0.29, 0.717) is 23.3 Å². The molecule has 4 aromatic rings. The second-order valence-electron chi connectivity index (χ2n) is 5.71. The van der Waals surface area contributed by atoms with Gasteiger partial charge in [-0.3, -0.25) is 4.68 Å². The van der Waals surface area contributed by atoms with Gasteiger partial charge in [0.25, 0.3) is 0 Å². The number of ether oxygens (including phenoxy) is 1. The molecule has 0 spiro atoms. The Labute approximate surface area is 154 Å². The van der Waals surface area contributed by atoms with Crippen LogP contribution in [0.1, 0.15) is 5.56 Å². The zero-order valence-corrected chi connectivity index (χ0v) is 14.7. The van der Waals surface area contributed by atoms with Crippen molar-refractivity contribution >= 4 is 34.0 Å². The molecule has 1 N–H and O–H groups in total. The predicted molar refractivity (Wildman–Crippen MR) is 99.6 cm³/mol. The first-order valence-electron chi connectivity index (χ1n) is 7.91. The molecule has 0 amide bonds. The van der Waals surface area contributed by atoms with Crippen molar-refractivity contribution in [3.05, 3.63) is 66.0 Å². The topological polar surface area (TPSA) is 77.8 Å². The number of fused-ring (bicyclic) bond motifs is 1. The van der Waals surface area contributed by atoms with Crippen molar-refractivity contribution in [2.24, 2.45) is 7.05 Å². The molecule has 4 heterocycles. The van der Waals surface area contributed by atoms with Crippen molar-refractivity contribution < 1.29 is 4.74 Å². The van der Waals surface area contributed by atoms with Crippen LogP contribution in [0.25, 0.3) is 10.9 Å². The highest BCUT2D eigenvalue weighted by Gasteiger charge is 2.07. The fraction of sp³-hybridized carbons (Fsp3) is 0.111. The monoisotopic (exact) mass is 366 g/mol. The van der Waals surface area contributed by atoms with Crippen molar-refractivity contribution in [2.75, 3.05) is 5.32 Å². The Hall–Kier alpha value is -3.19. The fourth-order valence-electron chi connectivity index (χ4n) is 2.51. The standard InChI is InChI=1S/C18H15ClN6O/c1-25-10-12(7-23-25)11-26-15-6-13-4-5-20-18(17(13)22-9-15)24-14-2-3-16(19)21-8-14/h2-10H,11H2,1H3,(H,20,24). The summed E-state index contributed by atoms with van der Waals surface area (Å²) in [6.07, 6.45) is 8.75. The van der Waals surface area contributed by atoms with Gasteiger partial charge < -0.3 is 10.1 Å². The lowest BCUT2D eigenvalue weighted by molar-refractivity contribution is 0.305. The van der Waals surface area contributed by atoms with Crippen LogP contribution in [0.5, 0.6) is 5.75 Å². The summed E-state index contributed by atoms with van der Waals surface area (Å²) < 4.78 is 7.55. The van der Waals surface area contributed by atoms with E-state index in [1.54, 1.807) is 35.5 Å². The van der Waals surface area contributed by atoms with Crippen molar-refractivity contribution in [1.29, 1.82) is 0 Å². The number of aromatic nitrogens is 5. The molecule has 4 rings (SSSR count). The maximum Gasteiger partial charge on any atom is 0.156 e. The summed E-state index contributed by atoms with van der Waals surface area (Å²) in [6.45, 7) is 0.438. The molecule has 0 bridgehead atoms. The predicted octanol–water partition coefficient (Wildman–Crippen LogP) is 3.73. The normalized spacial score (nSPS) is 10.8. The number of anilines is 2. The highest BCUT2D eigenvalue weighted by Crippen LogP contribution is 2.25. The van der Waals surface area contributed by atoms with Gasteiger partial charge in [0.15, 0.2) is 5.82 Å². The maximum atomic E-state index is 5.82. The Morgan fingerprint density at radius 3 is 2.81 bits per heavy atom. The second kappa shape index (κ2) is 6.97. The Morgan fingerprint density at radius 2 is 2.04 bits per heavy atom. The van der Waals surface area contributed by atoms with E-state index in [1.165, 1.54) is 0 Å². The summed E-state index contributed by atoms with van der Waals surface area (Å²) >= 11 is 5.82. The second-order valence-corrected chi connectivity index (χ2v) is 6.10. The summed E-state index contributed by atoms with van der Waals surface area (Å²) in [6, 6.07) is 7.38. The molecule has 0 aliphatic heterocycles. The number of hydrogen-bond acceptors (Lipinski definition) is 6. The molecule has 0 aliphatic carbocycles. The van der Waals surface area contributed by atoms with Crippen LogP contribution in [0.15, 0.2) is 55.2 Å². The minimum atomic E-state index is 0.438. The third kappa shape index (κ3) is 3.57. The first kappa shape index (κ1) is 16.3. The van der Waals surface area contributed by atoms with Gasteiger partial charge in [-0.25, -0.2) is 15.0 Å². The lowest BCUT2D eigenvalue weighted by Crippen LogP contribution is -1.98. The van der Waals surface area contributed by atoms with Gasteiger partial charge in [-0.2, -0.15) is 5.10 Å². The van der Waals surface area contributed by atoms with Crippen LogP contribution < -0.4 is 10.1 Å². The first-order valence-corrected chi connectivity index (χ1v) is 8.29. The third-order valence-corrected chi connectivity index (χ3v) is 3.95. The van der Waals surface area contributed by atoms with E-state index in [0.717, 1.165) is 22.2 Å². The first-order chi connectivity index (χ1) is 12.7. The van der Waals surface area contributed by atoms with Gasteiger partial charge in [0.1, 0.15) is 23.0 Å². The molecule has 0 saturated carbocycles. The summed E-state index contributed by atoms with van der Waals surface area (Å²) in [4.78, 5) is 12.9. The van der Waals surface area contributed by atoms with Crippen molar-refractivity contribution in [3.8, 4) is 5.75 Å². The molecule has 4 aromatic heterocycles. The molecule has 0 radical (unpaired) electrons. The number of pyridine rings is 3. The summed E-state index contributed by atoms with van der Waals surface area (Å²) in [5.74, 6) is 1.33. The zero-order chi connectivity index (χ0) is 17.9. The molecule has 0 aliphatic rings. The van der Waals surface area contributed by atoms with E-state index in [-0.39, 0.29) is 0 Å². The van der Waals surface area contributed by atoms with Crippen LogP contribution >= 0.6 is 11.6 Å². The molecular weight excluding hydrogens is 352 g/mol. The Balaban J connectivity index is 1.56. The molecule has 0 unspecified atom stereocenters. The number of rotatable bonds is 5. The van der Waals surface area contributed by atoms with Gasteiger partial charge in [-0.1, -0.05) is 11.6 Å². The van der Waals surface area contributed by atoms with E-state index in [9.17, 15) is 0 Å². The van der Waals surface area contributed by atoms with E-state index in [2.05, 4.69) is 25.4 Å². The Kier molecular flexibility index (Phi) is 4.37. The summed E-state index contributed by atoms with van der Waals surface area (Å²) in [5.41, 5.74) is 2.53. The average molecular weight is 367 g/mol. The summed E-state index contributed by atoms with van der Waals surface area (Å²) in [5, 5.41) is 8.70. The van der Waals surface area contributed by atoms with Crippen molar-refractivity contribution in [2.45, 2.75) is 6.61 Å². The lowest BCUT2D eigenvalue weighted by atomic mass is 10.2. The van der Waals surface area contributed by atoms with Gasteiger partial charge >= 0.3 is 0 Å². The Bertz CT molecular complexity index is 1050. The molecule has 130 valence electrons. The van der Waals surface area contributed by atoms with Gasteiger partial charge in [0.2, 0.25) is 0 Å². The lowest BCUT2D eigenvalue weighted by Gasteiger charge is -2.09. The zero-order valence-electron chi connectivity index (χ0n) is 13.9. The fourth-order valence-corrected chi connectivity index (χ4v) is 2.62. The molecule has 7 nitrogen and oxygen atoms in total. The highest BCUT2D eigenvalue weighted by atomic mass is 35.5. The molecule has 8 heteroatoms. The molecule has 26 heavy (non-hydrogen) atoms. The van der Waals surface area contributed by atoms with Gasteiger partial charge in [0, 0.05) is 30.4 Å². The smallest absolute Gasteiger partial charge is 0.156 e. The maximum absolute atomic E-state index is 5.82. The van der Waals surface area contributed by atoms with Crippen LogP contribution in [-0.4, -0.2) is 24.7 Å². The highest BCUT2D eigenvalue weighted by molar-refractivity contribution is 6.29. The molecule has 0 saturated heterocycles.